The molecule has 0 aromatic rings. The van der Waals surface area contributed by atoms with Gasteiger partial charge in [0.25, 0.3) is 0 Å². The number of halogens is 3. The van der Waals surface area contributed by atoms with Gasteiger partial charge < -0.3 is 25.6 Å². The van der Waals surface area contributed by atoms with Crippen LogP contribution in [0.4, 0.5) is 18.0 Å². The maximum Gasteiger partial charge on any atom is 0.407 e. The fraction of sp³-hybridized carbons (Fsp3) is 0.810. The SMILES string of the molecule is COC(=O)N[C@H](C(=O)N1C[C@H](C(F)(F)F)C[C@H]1C(=O)N[C@@H](C[C@@H]1CCNC1=O)C1NS1)C(C)(C)C. The number of carbonyl (C=O) groups is 4. The molecule has 3 saturated heterocycles. The Morgan fingerprint density at radius 2 is 1.89 bits per heavy atom. The van der Waals surface area contributed by atoms with Crippen LogP contribution in [0.25, 0.3) is 0 Å². The average molecular weight is 524 g/mol. The lowest BCUT2D eigenvalue weighted by atomic mass is 9.85. The summed E-state index contributed by atoms with van der Waals surface area (Å²) < 4.78 is 48.5. The van der Waals surface area contributed by atoms with Gasteiger partial charge in [0.05, 0.1) is 24.4 Å². The van der Waals surface area contributed by atoms with Crippen LogP contribution in [0, 0.1) is 17.3 Å². The Morgan fingerprint density at radius 3 is 2.37 bits per heavy atom. The molecule has 3 aliphatic heterocycles. The third-order valence-corrected chi connectivity index (χ3v) is 7.39. The summed E-state index contributed by atoms with van der Waals surface area (Å²) in [6.07, 6.45) is -5.15. The third kappa shape index (κ3) is 6.72. The van der Waals surface area contributed by atoms with Crippen LogP contribution in [0.3, 0.4) is 0 Å². The van der Waals surface area contributed by atoms with Crippen LogP contribution >= 0.6 is 11.9 Å². The average Bonchev–Trinajstić information content (AvgIpc) is 3.37. The minimum atomic E-state index is -4.60. The molecule has 0 spiro atoms. The molecule has 0 saturated carbocycles. The van der Waals surface area contributed by atoms with E-state index in [0.717, 1.165) is 12.0 Å². The largest absolute Gasteiger partial charge is 0.453 e. The predicted molar refractivity (Wildman–Crippen MR) is 121 cm³/mol. The lowest BCUT2D eigenvalue weighted by molar-refractivity contribution is -0.171. The highest BCUT2D eigenvalue weighted by Crippen LogP contribution is 2.38. The van der Waals surface area contributed by atoms with Gasteiger partial charge in [-0.15, -0.1) is 0 Å². The van der Waals surface area contributed by atoms with Crippen molar-refractivity contribution in [3.8, 4) is 0 Å². The van der Waals surface area contributed by atoms with Crippen LogP contribution in [0.2, 0.25) is 0 Å². The van der Waals surface area contributed by atoms with Crippen LogP contribution < -0.4 is 20.7 Å². The van der Waals surface area contributed by atoms with E-state index in [-0.39, 0.29) is 17.2 Å². The van der Waals surface area contributed by atoms with Crippen molar-refractivity contribution in [2.45, 2.75) is 69.7 Å². The molecule has 0 aromatic carbocycles. The second-order valence-corrected chi connectivity index (χ2v) is 11.2. The smallest absolute Gasteiger partial charge is 0.407 e. The molecular formula is C21H32F3N5O5S. The maximum absolute atomic E-state index is 13.6. The molecular weight excluding hydrogens is 491 g/mol. The van der Waals surface area contributed by atoms with Crippen molar-refractivity contribution in [2.24, 2.45) is 17.3 Å². The molecule has 4 N–H and O–H groups in total. The minimum Gasteiger partial charge on any atom is -0.453 e. The number of carbonyl (C=O) groups excluding carboxylic acids is 4. The number of hydrogen-bond acceptors (Lipinski definition) is 7. The van der Waals surface area contributed by atoms with Crippen molar-refractivity contribution in [2.75, 3.05) is 20.2 Å². The second-order valence-electron chi connectivity index (χ2n) is 10.2. The summed E-state index contributed by atoms with van der Waals surface area (Å²) in [5.41, 5.74) is -0.866. The van der Waals surface area contributed by atoms with E-state index in [1.54, 1.807) is 20.8 Å². The summed E-state index contributed by atoms with van der Waals surface area (Å²) >= 11 is 1.36. The van der Waals surface area contributed by atoms with Gasteiger partial charge in [0, 0.05) is 19.0 Å². The van der Waals surface area contributed by atoms with E-state index in [4.69, 9.17) is 0 Å². The quantitative estimate of drug-likeness (QED) is 0.290. The molecule has 3 fully saturated rings. The standard InChI is InChI=1S/C21H32F3N5O5S/c1-20(2,3)14(27-19(33)34-4)18(32)29-9-11(21(22,23)24)8-13(29)16(31)26-12(17-28-35-17)7-10-5-6-25-15(10)30/h10-14,17,28H,5-9H2,1-4H3,(H,25,30)(H,26,31)(H,27,33)/t10-,11+,12-,13-,14+,17?/m0/s1. The molecule has 3 rings (SSSR count). The van der Waals surface area contributed by atoms with Gasteiger partial charge >= 0.3 is 12.3 Å². The van der Waals surface area contributed by atoms with Gasteiger partial charge in [0.2, 0.25) is 17.7 Å². The van der Waals surface area contributed by atoms with Crippen LogP contribution in [0.15, 0.2) is 0 Å². The number of nitrogens with zero attached hydrogens (tertiary/aromatic N) is 1. The molecule has 3 aliphatic rings. The fourth-order valence-corrected chi connectivity index (χ4v) is 5.06. The molecule has 4 amide bonds. The van der Waals surface area contributed by atoms with Gasteiger partial charge in [0.15, 0.2) is 0 Å². The van der Waals surface area contributed by atoms with E-state index in [1.165, 1.54) is 11.9 Å². The van der Waals surface area contributed by atoms with E-state index in [1.807, 2.05) is 0 Å². The Morgan fingerprint density at radius 1 is 1.23 bits per heavy atom. The number of amides is 4. The Hall–Kier alpha value is -2.22. The molecule has 10 nitrogen and oxygen atoms in total. The zero-order valence-electron chi connectivity index (χ0n) is 20.0. The topological polar surface area (TPSA) is 139 Å². The van der Waals surface area contributed by atoms with Crippen molar-refractivity contribution < 1.29 is 37.1 Å². The van der Waals surface area contributed by atoms with Gasteiger partial charge in [-0.1, -0.05) is 32.7 Å². The number of alkyl halides is 3. The molecule has 198 valence electrons. The first kappa shape index (κ1) is 27.4. The molecule has 0 radical (unpaired) electrons. The third-order valence-electron chi connectivity index (χ3n) is 6.56. The number of ether oxygens (including phenoxy) is 1. The number of alkyl carbamates (subject to hydrolysis) is 1. The Bertz CT molecular complexity index is 848. The van der Waals surface area contributed by atoms with E-state index >= 15 is 0 Å². The molecule has 0 aromatic heterocycles. The van der Waals surface area contributed by atoms with E-state index in [2.05, 4.69) is 25.4 Å². The van der Waals surface area contributed by atoms with Gasteiger partial charge in [0.1, 0.15) is 12.1 Å². The maximum atomic E-state index is 13.6. The van der Waals surface area contributed by atoms with Crippen molar-refractivity contribution in [3.63, 3.8) is 0 Å². The number of hydrogen-bond donors (Lipinski definition) is 4. The number of rotatable bonds is 7. The molecule has 3 heterocycles. The summed E-state index contributed by atoms with van der Waals surface area (Å²) in [7, 11) is 1.11. The van der Waals surface area contributed by atoms with Crippen LogP contribution in [0.1, 0.15) is 40.0 Å². The van der Waals surface area contributed by atoms with Gasteiger partial charge in [-0.3, -0.25) is 14.4 Å². The minimum absolute atomic E-state index is 0.119. The van der Waals surface area contributed by atoms with Gasteiger partial charge in [-0.25, -0.2) is 9.52 Å². The molecule has 35 heavy (non-hydrogen) atoms. The Kier molecular flexibility index (Phi) is 8.14. The summed E-state index contributed by atoms with van der Waals surface area (Å²) in [6, 6.07) is -3.08. The van der Waals surface area contributed by atoms with Crippen LogP contribution in [-0.2, 0) is 19.1 Å². The molecule has 14 heteroatoms. The molecule has 6 atom stereocenters. The van der Waals surface area contributed by atoms with Crippen molar-refractivity contribution in [1.29, 1.82) is 0 Å². The van der Waals surface area contributed by atoms with Gasteiger partial charge in [-0.05, 0) is 24.7 Å². The van der Waals surface area contributed by atoms with Crippen LogP contribution in [-0.4, -0.2) is 78.6 Å². The summed E-state index contributed by atoms with van der Waals surface area (Å²) in [5, 5.41) is 7.74. The molecule has 0 bridgehead atoms. The van der Waals surface area contributed by atoms with Crippen molar-refractivity contribution in [3.05, 3.63) is 0 Å². The fourth-order valence-electron chi connectivity index (χ4n) is 4.47. The highest BCUT2D eigenvalue weighted by atomic mass is 32.2. The van der Waals surface area contributed by atoms with E-state index in [0.29, 0.717) is 19.4 Å². The Balaban J connectivity index is 1.80. The lowest BCUT2D eigenvalue weighted by Gasteiger charge is -2.35. The van der Waals surface area contributed by atoms with E-state index < -0.39 is 66.5 Å². The van der Waals surface area contributed by atoms with Crippen LogP contribution in [0.5, 0.6) is 0 Å². The van der Waals surface area contributed by atoms with Crippen molar-refractivity contribution in [1.82, 2.24) is 25.6 Å². The second kappa shape index (κ2) is 10.4. The first-order chi connectivity index (χ1) is 16.2. The Labute approximate surface area is 205 Å². The number of methoxy groups -OCH3 is 1. The zero-order chi connectivity index (χ0) is 26.1. The highest BCUT2D eigenvalue weighted by Gasteiger charge is 2.53. The predicted octanol–water partition coefficient (Wildman–Crippen LogP) is 1.13. The monoisotopic (exact) mass is 523 g/mol. The number of likely N-dealkylation sites (tertiary alicyclic amines) is 1. The first-order valence-electron chi connectivity index (χ1n) is 11.4. The first-order valence-corrected chi connectivity index (χ1v) is 12.3. The number of nitrogens with one attached hydrogen (secondary N) is 4. The summed E-state index contributed by atoms with van der Waals surface area (Å²) in [4.78, 5) is 51.4. The summed E-state index contributed by atoms with van der Waals surface area (Å²) in [5.74, 6) is -3.81. The molecule has 1 unspecified atom stereocenters. The van der Waals surface area contributed by atoms with Crippen molar-refractivity contribution >= 4 is 35.8 Å². The lowest BCUT2D eigenvalue weighted by Crippen LogP contribution is -2.58. The zero-order valence-corrected chi connectivity index (χ0v) is 20.8. The molecule has 0 aliphatic carbocycles. The summed E-state index contributed by atoms with van der Waals surface area (Å²) in [6.45, 7) is 4.79. The highest BCUT2D eigenvalue weighted by molar-refractivity contribution is 8.04. The van der Waals surface area contributed by atoms with E-state index in [9.17, 15) is 32.3 Å². The van der Waals surface area contributed by atoms with Gasteiger partial charge in [-0.2, -0.15) is 13.2 Å². The normalized spacial score (nSPS) is 28.2.